The standard InChI is InChI=1S/C21H28N4O2S/c1-4-18-23-15(3)19(28-18)20(26)25-11-5-6-16(13-25)12-22-21(27)24-17-9-7-14(2)8-10-17/h7-10,16H,4-6,11-13H2,1-3H3,(H2,22,24,27). The highest BCUT2D eigenvalue weighted by molar-refractivity contribution is 7.13. The molecule has 1 aliphatic rings. The molecule has 2 heterocycles. The zero-order valence-corrected chi connectivity index (χ0v) is 17.6. The van der Waals surface area contributed by atoms with Gasteiger partial charge in [0.2, 0.25) is 0 Å². The third-order valence-corrected chi connectivity index (χ3v) is 6.29. The number of benzene rings is 1. The van der Waals surface area contributed by atoms with Crippen LogP contribution in [0.5, 0.6) is 0 Å². The molecule has 2 aromatic rings. The van der Waals surface area contributed by atoms with Crippen molar-refractivity contribution in [2.75, 3.05) is 25.0 Å². The number of carbonyl (C=O) groups excluding carboxylic acids is 2. The van der Waals surface area contributed by atoms with Crippen molar-refractivity contribution in [1.29, 1.82) is 0 Å². The average molecular weight is 401 g/mol. The SMILES string of the molecule is CCc1nc(C)c(C(=O)N2CCCC(CNC(=O)Nc3ccc(C)cc3)C2)s1. The van der Waals surface area contributed by atoms with Crippen molar-refractivity contribution in [2.45, 2.75) is 40.0 Å². The fraction of sp³-hybridized carbons (Fsp3) is 0.476. The van der Waals surface area contributed by atoms with Gasteiger partial charge >= 0.3 is 6.03 Å². The van der Waals surface area contributed by atoms with Crippen LogP contribution in [0.25, 0.3) is 0 Å². The molecule has 0 spiro atoms. The van der Waals surface area contributed by atoms with E-state index in [0.717, 1.165) is 52.6 Å². The number of likely N-dealkylation sites (tertiary alicyclic amines) is 1. The summed E-state index contributed by atoms with van der Waals surface area (Å²) >= 11 is 1.50. The fourth-order valence-corrected chi connectivity index (χ4v) is 4.38. The smallest absolute Gasteiger partial charge is 0.319 e. The summed E-state index contributed by atoms with van der Waals surface area (Å²) in [6.45, 7) is 7.96. The normalized spacial score (nSPS) is 16.7. The molecule has 1 saturated heterocycles. The Kier molecular flexibility index (Phi) is 6.67. The molecule has 0 saturated carbocycles. The molecule has 1 aliphatic heterocycles. The minimum Gasteiger partial charge on any atom is -0.338 e. The summed E-state index contributed by atoms with van der Waals surface area (Å²) in [5, 5.41) is 6.79. The molecule has 1 atom stereocenters. The lowest BCUT2D eigenvalue weighted by Gasteiger charge is -2.32. The Labute approximate surface area is 170 Å². The number of anilines is 1. The van der Waals surface area contributed by atoms with E-state index in [9.17, 15) is 9.59 Å². The van der Waals surface area contributed by atoms with E-state index in [4.69, 9.17) is 0 Å². The Bertz CT molecular complexity index is 831. The van der Waals surface area contributed by atoms with Crippen molar-refractivity contribution in [3.05, 3.63) is 45.4 Å². The zero-order valence-electron chi connectivity index (χ0n) is 16.7. The molecule has 0 aliphatic carbocycles. The quantitative estimate of drug-likeness (QED) is 0.797. The maximum atomic E-state index is 12.9. The van der Waals surface area contributed by atoms with E-state index < -0.39 is 0 Å². The number of carbonyl (C=O) groups is 2. The molecule has 28 heavy (non-hydrogen) atoms. The first-order chi connectivity index (χ1) is 13.5. The number of nitrogens with zero attached hydrogens (tertiary/aromatic N) is 2. The van der Waals surface area contributed by atoms with Crippen LogP contribution >= 0.6 is 11.3 Å². The van der Waals surface area contributed by atoms with Gasteiger partial charge in [-0.2, -0.15) is 0 Å². The van der Waals surface area contributed by atoms with Gasteiger partial charge in [0.1, 0.15) is 4.88 Å². The van der Waals surface area contributed by atoms with E-state index in [1.165, 1.54) is 11.3 Å². The highest BCUT2D eigenvalue weighted by atomic mass is 32.1. The number of urea groups is 1. The van der Waals surface area contributed by atoms with E-state index in [1.54, 1.807) is 0 Å². The molecule has 1 unspecified atom stereocenters. The number of amides is 3. The predicted octanol–water partition coefficient (Wildman–Crippen LogP) is 4.00. The van der Waals surface area contributed by atoms with Gasteiger partial charge in [0, 0.05) is 25.3 Å². The first-order valence-corrected chi connectivity index (χ1v) is 10.6. The molecule has 1 fully saturated rings. The highest BCUT2D eigenvalue weighted by Gasteiger charge is 2.27. The third-order valence-electron chi connectivity index (χ3n) is 5.00. The van der Waals surface area contributed by atoms with Crippen LogP contribution in [0.1, 0.15) is 45.7 Å². The number of thiazole rings is 1. The third kappa shape index (κ3) is 5.10. The highest BCUT2D eigenvalue weighted by Crippen LogP contribution is 2.24. The molecule has 0 bridgehead atoms. The number of aromatic nitrogens is 1. The first-order valence-electron chi connectivity index (χ1n) is 9.83. The first kappa shape index (κ1) is 20.3. The van der Waals surface area contributed by atoms with Gasteiger partial charge in [-0.3, -0.25) is 4.79 Å². The average Bonchev–Trinajstić information content (AvgIpc) is 3.08. The predicted molar refractivity (Wildman–Crippen MR) is 113 cm³/mol. The number of aryl methyl sites for hydroxylation is 3. The summed E-state index contributed by atoms with van der Waals surface area (Å²) in [6.07, 6.45) is 2.81. The fourth-order valence-electron chi connectivity index (χ4n) is 3.41. The van der Waals surface area contributed by atoms with Crippen LogP contribution < -0.4 is 10.6 Å². The molecule has 3 amide bonds. The Hall–Kier alpha value is -2.41. The molecule has 2 N–H and O–H groups in total. The molecule has 1 aromatic carbocycles. The van der Waals surface area contributed by atoms with E-state index in [0.29, 0.717) is 13.1 Å². The van der Waals surface area contributed by atoms with E-state index >= 15 is 0 Å². The second kappa shape index (κ2) is 9.19. The van der Waals surface area contributed by atoms with E-state index in [-0.39, 0.29) is 17.9 Å². The van der Waals surface area contributed by atoms with Gasteiger partial charge < -0.3 is 15.5 Å². The number of nitrogens with one attached hydrogen (secondary N) is 2. The van der Waals surface area contributed by atoms with E-state index in [2.05, 4.69) is 22.5 Å². The van der Waals surface area contributed by atoms with Crippen LogP contribution in [0.2, 0.25) is 0 Å². The summed E-state index contributed by atoms with van der Waals surface area (Å²) in [5.74, 6) is 0.337. The topological polar surface area (TPSA) is 74.3 Å². The lowest BCUT2D eigenvalue weighted by Crippen LogP contribution is -2.44. The van der Waals surface area contributed by atoms with Crippen LogP contribution in [0.4, 0.5) is 10.5 Å². The van der Waals surface area contributed by atoms with Gasteiger partial charge in [0.25, 0.3) is 5.91 Å². The molecule has 1 aromatic heterocycles. The number of hydrogen-bond donors (Lipinski definition) is 2. The maximum absolute atomic E-state index is 12.9. The van der Waals surface area contributed by atoms with Crippen molar-refractivity contribution < 1.29 is 9.59 Å². The Morgan fingerprint density at radius 3 is 2.68 bits per heavy atom. The Morgan fingerprint density at radius 2 is 2.00 bits per heavy atom. The number of rotatable bonds is 5. The lowest BCUT2D eigenvalue weighted by molar-refractivity contribution is 0.0679. The van der Waals surface area contributed by atoms with Crippen LogP contribution in [-0.2, 0) is 6.42 Å². The number of hydrogen-bond acceptors (Lipinski definition) is 4. The molecular formula is C21H28N4O2S. The van der Waals surface area contributed by atoms with Crippen molar-refractivity contribution in [2.24, 2.45) is 5.92 Å². The van der Waals surface area contributed by atoms with Gasteiger partial charge in [-0.25, -0.2) is 9.78 Å². The summed E-state index contributed by atoms with van der Waals surface area (Å²) in [7, 11) is 0. The summed E-state index contributed by atoms with van der Waals surface area (Å²) in [4.78, 5) is 32.2. The molecular weight excluding hydrogens is 372 g/mol. The van der Waals surface area contributed by atoms with Crippen molar-refractivity contribution in [3.8, 4) is 0 Å². The van der Waals surface area contributed by atoms with Gasteiger partial charge in [-0.1, -0.05) is 24.6 Å². The second-order valence-electron chi connectivity index (χ2n) is 7.34. The van der Waals surface area contributed by atoms with Gasteiger partial charge in [-0.15, -0.1) is 11.3 Å². The van der Waals surface area contributed by atoms with Crippen LogP contribution in [0.3, 0.4) is 0 Å². The van der Waals surface area contributed by atoms with Gasteiger partial charge in [0.15, 0.2) is 0 Å². The molecule has 3 rings (SSSR count). The minimum absolute atomic E-state index is 0.0727. The van der Waals surface area contributed by atoms with Gasteiger partial charge in [-0.05, 0) is 51.2 Å². The van der Waals surface area contributed by atoms with Crippen LogP contribution in [-0.4, -0.2) is 41.5 Å². The maximum Gasteiger partial charge on any atom is 0.319 e. The van der Waals surface area contributed by atoms with Crippen molar-refractivity contribution >= 4 is 29.0 Å². The van der Waals surface area contributed by atoms with Gasteiger partial charge in [0.05, 0.1) is 10.7 Å². The number of piperidine rings is 1. The monoisotopic (exact) mass is 400 g/mol. The molecule has 0 radical (unpaired) electrons. The summed E-state index contributed by atoms with van der Waals surface area (Å²) in [6, 6.07) is 7.49. The van der Waals surface area contributed by atoms with Crippen molar-refractivity contribution in [3.63, 3.8) is 0 Å². The van der Waals surface area contributed by atoms with Crippen LogP contribution in [0.15, 0.2) is 24.3 Å². The van der Waals surface area contributed by atoms with Crippen LogP contribution in [0, 0.1) is 19.8 Å². The Balaban J connectivity index is 1.51. The minimum atomic E-state index is -0.210. The second-order valence-corrected chi connectivity index (χ2v) is 8.42. The Morgan fingerprint density at radius 1 is 1.25 bits per heavy atom. The lowest BCUT2D eigenvalue weighted by atomic mass is 9.98. The largest absolute Gasteiger partial charge is 0.338 e. The summed E-state index contributed by atoms with van der Waals surface area (Å²) in [5.41, 5.74) is 2.75. The van der Waals surface area contributed by atoms with E-state index in [1.807, 2.05) is 43.0 Å². The van der Waals surface area contributed by atoms with Crippen molar-refractivity contribution in [1.82, 2.24) is 15.2 Å². The molecule has 7 heteroatoms. The molecule has 6 nitrogen and oxygen atoms in total. The molecule has 150 valence electrons. The zero-order chi connectivity index (χ0) is 20.1. The summed E-state index contributed by atoms with van der Waals surface area (Å²) < 4.78 is 0.